The summed E-state index contributed by atoms with van der Waals surface area (Å²) in [7, 11) is 2.08. The molecular weight excluding hydrogens is 565 g/mol. The number of carbonyl (C=O) groups excluding carboxylic acids is 1. The number of amides is 1. The van der Waals surface area contributed by atoms with Crippen LogP contribution in [0.2, 0.25) is 5.02 Å². The van der Waals surface area contributed by atoms with Gasteiger partial charge in [-0.15, -0.1) is 0 Å². The Labute approximate surface area is 254 Å². The van der Waals surface area contributed by atoms with Crippen LogP contribution in [0.4, 0.5) is 10.1 Å². The van der Waals surface area contributed by atoms with Crippen molar-refractivity contribution in [2.75, 3.05) is 38.2 Å². The Kier molecular flexibility index (Phi) is 6.95. The van der Waals surface area contributed by atoms with E-state index in [0.717, 1.165) is 36.6 Å². The van der Waals surface area contributed by atoms with Gasteiger partial charge in [-0.05, 0) is 68.1 Å². The van der Waals surface area contributed by atoms with Gasteiger partial charge in [0.15, 0.2) is 0 Å². The Hall–Kier alpha value is -4.19. The normalized spacial score (nSPS) is 21.6. The molecule has 1 amide bonds. The number of anilines is 1. The summed E-state index contributed by atoms with van der Waals surface area (Å²) in [6.07, 6.45) is 4.20. The van der Waals surface area contributed by atoms with Crippen molar-refractivity contribution >= 4 is 44.9 Å². The van der Waals surface area contributed by atoms with E-state index < -0.39 is 5.82 Å². The fourth-order valence-corrected chi connectivity index (χ4v) is 7.39. The molecule has 0 unspecified atom stereocenters. The summed E-state index contributed by atoms with van der Waals surface area (Å²) in [6.45, 7) is 6.20. The van der Waals surface area contributed by atoms with Gasteiger partial charge in [-0.1, -0.05) is 48.5 Å². The lowest BCUT2D eigenvalue weighted by Crippen LogP contribution is -2.63. The largest absolute Gasteiger partial charge is 0.475 e. The summed E-state index contributed by atoms with van der Waals surface area (Å²) in [6, 6.07) is 17.1. The number of ether oxygens (including phenoxy) is 1. The second kappa shape index (κ2) is 10.8. The molecule has 218 valence electrons. The molecule has 7 rings (SSSR count). The van der Waals surface area contributed by atoms with Crippen LogP contribution < -0.4 is 9.64 Å². The molecule has 0 spiro atoms. The third-order valence-corrected chi connectivity index (χ3v) is 9.71. The minimum Gasteiger partial charge on any atom is -0.475 e. The zero-order chi connectivity index (χ0) is 29.8. The highest BCUT2D eigenvalue weighted by atomic mass is 35.5. The number of hydrogen-bond donors (Lipinski definition) is 0. The molecule has 9 heteroatoms. The molecule has 0 bridgehead atoms. The van der Waals surface area contributed by atoms with Gasteiger partial charge < -0.3 is 19.4 Å². The van der Waals surface area contributed by atoms with Crippen LogP contribution in [0.1, 0.15) is 24.8 Å². The molecule has 7 nitrogen and oxygen atoms in total. The first-order chi connectivity index (χ1) is 20.9. The van der Waals surface area contributed by atoms with Crippen LogP contribution in [0.5, 0.6) is 5.88 Å². The van der Waals surface area contributed by atoms with E-state index >= 15 is 4.39 Å². The number of halogens is 2. The molecule has 43 heavy (non-hydrogen) atoms. The van der Waals surface area contributed by atoms with Crippen molar-refractivity contribution in [3.63, 3.8) is 0 Å². The molecule has 4 aromatic rings. The van der Waals surface area contributed by atoms with Crippen LogP contribution in [0.3, 0.4) is 0 Å². The minimum absolute atomic E-state index is 0.00928. The maximum atomic E-state index is 16.2. The van der Waals surface area contributed by atoms with Crippen LogP contribution in [0.25, 0.3) is 32.8 Å². The fraction of sp³-hybridized carbons (Fsp3) is 0.324. The summed E-state index contributed by atoms with van der Waals surface area (Å²) in [5.74, 6) is -0.277. The molecule has 4 heterocycles. The van der Waals surface area contributed by atoms with Crippen molar-refractivity contribution < 1.29 is 13.9 Å². The van der Waals surface area contributed by atoms with E-state index in [4.69, 9.17) is 21.3 Å². The standard InChI is InChI=1S/C34H31ClFN5O2/c1-3-31(42)40-14-12-29-30(40)18-41(29)33-24-15-27(36)23(22-10-4-7-20-8-5-11-26(35)32(20)22)16-28(24)38-34(25(33)17-37)43-19-21-9-6-13-39(21)2/h3-5,7-8,10-11,15-16,21,29-30H,1,6,9,12-14,18-19H2,2H3/t21-,29+,30+/m0/s1. The van der Waals surface area contributed by atoms with Gasteiger partial charge in [0, 0.05) is 40.5 Å². The Morgan fingerprint density at radius 3 is 2.74 bits per heavy atom. The molecule has 0 radical (unpaired) electrons. The Balaban J connectivity index is 1.38. The first-order valence-corrected chi connectivity index (χ1v) is 15.0. The predicted molar refractivity (Wildman–Crippen MR) is 167 cm³/mol. The van der Waals surface area contributed by atoms with E-state index in [1.165, 1.54) is 12.1 Å². The molecule has 3 atom stereocenters. The van der Waals surface area contributed by atoms with E-state index in [9.17, 15) is 10.1 Å². The Morgan fingerprint density at radius 2 is 2.00 bits per heavy atom. The lowest BCUT2D eigenvalue weighted by molar-refractivity contribution is -0.127. The highest BCUT2D eigenvalue weighted by Crippen LogP contribution is 2.45. The van der Waals surface area contributed by atoms with Gasteiger partial charge in [0.05, 0.1) is 23.3 Å². The molecule has 0 saturated carbocycles. The highest BCUT2D eigenvalue weighted by molar-refractivity contribution is 6.36. The SMILES string of the molecule is C=CC(=O)N1CC[C@@H]2[C@H]1CN2c1c(C#N)c(OC[C@@H]2CCCN2C)nc2cc(-c3cccc4cccc(Cl)c34)c(F)cc12. The predicted octanol–water partition coefficient (Wildman–Crippen LogP) is 6.17. The van der Waals surface area contributed by atoms with Gasteiger partial charge >= 0.3 is 0 Å². The molecule has 3 fully saturated rings. The monoisotopic (exact) mass is 595 g/mol. The van der Waals surface area contributed by atoms with E-state index in [0.29, 0.717) is 58.0 Å². The van der Waals surface area contributed by atoms with Gasteiger partial charge in [0.2, 0.25) is 11.8 Å². The van der Waals surface area contributed by atoms with E-state index in [-0.39, 0.29) is 29.9 Å². The third kappa shape index (κ3) is 4.50. The molecule has 1 aromatic heterocycles. The number of hydrogen-bond acceptors (Lipinski definition) is 6. The molecule has 3 aromatic carbocycles. The van der Waals surface area contributed by atoms with Gasteiger partial charge in [-0.3, -0.25) is 4.79 Å². The number of pyridine rings is 1. The molecule has 3 saturated heterocycles. The van der Waals surface area contributed by atoms with Crippen molar-refractivity contribution in [1.29, 1.82) is 5.26 Å². The van der Waals surface area contributed by atoms with Crippen LogP contribution in [-0.2, 0) is 4.79 Å². The first-order valence-electron chi connectivity index (χ1n) is 14.7. The van der Waals surface area contributed by atoms with Crippen molar-refractivity contribution in [3.05, 3.63) is 77.6 Å². The summed E-state index contributed by atoms with van der Waals surface area (Å²) < 4.78 is 22.5. The van der Waals surface area contributed by atoms with E-state index in [2.05, 4.69) is 29.5 Å². The number of benzene rings is 3. The fourth-order valence-electron chi connectivity index (χ4n) is 7.11. The van der Waals surface area contributed by atoms with Crippen molar-refractivity contribution in [1.82, 2.24) is 14.8 Å². The number of likely N-dealkylation sites (N-methyl/N-ethyl adjacent to an activating group) is 1. The summed E-state index contributed by atoms with van der Waals surface area (Å²) in [5, 5.41) is 13.2. The van der Waals surface area contributed by atoms with Crippen LogP contribution in [-0.4, -0.2) is 72.1 Å². The molecule has 0 aliphatic carbocycles. The highest BCUT2D eigenvalue weighted by Gasteiger charge is 2.49. The Bertz CT molecular complexity index is 1830. The lowest BCUT2D eigenvalue weighted by atomic mass is 9.92. The molecule has 3 aliphatic rings. The molecule has 3 aliphatic heterocycles. The quantitative estimate of drug-likeness (QED) is 0.248. The average molecular weight is 596 g/mol. The van der Waals surface area contributed by atoms with Crippen LogP contribution in [0, 0.1) is 17.1 Å². The maximum Gasteiger partial charge on any atom is 0.246 e. The zero-order valence-corrected chi connectivity index (χ0v) is 24.6. The smallest absolute Gasteiger partial charge is 0.246 e. The van der Waals surface area contributed by atoms with Gasteiger partial charge in [-0.2, -0.15) is 5.26 Å². The third-order valence-electron chi connectivity index (χ3n) is 9.39. The molecule has 0 N–H and O–H groups in total. The number of aromatic nitrogens is 1. The summed E-state index contributed by atoms with van der Waals surface area (Å²) in [4.78, 5) is 23.5. The second-order valence-corrected chi connectivity index (χ2v) is 12.1. The summed E-state index contributed by atoms with van der Waals surface area (Å²) in [5.41, 5.74) is 2.48. The van der Waals surface area contributed by atoms with Gasteiger partial charge in [-0.25, -0.2) is 9.37 Å². The van der Waals surface area contributed by atoms with Crippen LogP contribution >= 0.6 is 11.6 Å². The summed E-state index contributed by atoms with van der Waals surface area (Å²) >= 11 is 6.61. The number of carbonyl (C=O) groups is 1. The Morgan fingerprint density at radius 1 is 1.19 bits per heavy atom. The number of likely N-dealkylation sites (tertiary alicyclic amines) is 2. The number of nitriles is 1. The number of rotatable bonds is 6. The zero-order valence-electron chi connectivity index (χ0n) is 23.9. The average Bonchev–Trinajstić information content (AvgIpc) is 3.57. The van der Waals surface area contributed by atoms with Gasteiger partial charge in [0.1, 0.15) is 24.1 Å². The first kappa shape index (κ1) is 27.6. The topological polar surface area (TPSA) is 72.7 Å². The number of nitrogens with zero attached hydrogens (tertiary/aromatic N) is 5. The molecular formula is C34H31ClFN5O2. The van der Waals surface area contributed by atoms with E-state index in [1.807, 2.05) is 35.2 Å². The van der Waals surface area contributed by atoms with Crippen LogP contribution in [0.15, 0.2) is 61.2 Å². The maximum absolute atomic E-state index is 16.2. The van der Waals surface area contributed by atoms with Crippen molar-refractivity contribution in [2.24, 2.45) is 0 Å². The van der Waals surface area contributed by atoms with Gasteiger partial charge in [0.25, 0.3) is 0 Å². The van der Waals surface area contributed by atoms with E-state index in [1.54, 1.807) is 12.1 Å². The number of fused-ring (bicyclic) bond motifs is 3. The van der Waals surface area contributed by atoms with Crippen molar-refractivity contribution in [3.8, 4) is 23.1 Å². The lowest BCUT2D eigenvalue weighted by Gasteiger charge is -2.48. The minimum atomic E-state index is -0.430. The van der Waals surface area contributed by atoms with Crippen molar-refractivity contribution in [2.45, 2.75) is 37.4 Å². The second-order valence-electron chi connectivity index (χ2n) is 11.6.